The number of rotatable bonds is 6. The normalized spacial score (nSPS) is 13.2. The van der Waals surface area contributed by atoms with Crippen molar-refractivity contribution >= 4 is 21.6 Å². The zero-order valence-electron chi connectivity index (χ0n) is 10.6. The third-order valence-electron chi connectivity index (χ3n) is 2.26. The predicted molar refractivity (Wildman–Crippen MR) is 70.4 cm³/mol. The lowest BCUT2D eigenvalue weighted by molar-refractivity contribution is -0.274. The summed E-state index contributed by atoms with van der Waals surface area (Å²) >= 11 is 3.05. The van der Waals surface area contributed by atoms with Crippen LogP contribution in [0.5, 0.6) is 5.75 Å². The first kappa shape index (κ1) is 16.1. The van der Waals surface area contributed by atoms with Crippen molar-refractivity contribution in [2.75, 3.05) is 25.6 Å². The largest absolute Gasteiger partial charge is 0.573 e. The minimum absolute atomic E-state index is 0.245. The van der Waals surface area contributed by atoms with E-state index in [0.717, 1.165) is 0 Å². The molecule has 0 aliphatic rings. The van der Waals surface area contributed by atoms with Gasteiger partial charge in [0.1, 0.15) is 5.75 Å². The van der Waals surface area contributed by atoms with Gasteiger partial charge in [0.2, 0.25) is 0 Å². The molecule has 0 radical (unpaired) electrons. The van der Waals surface area contributed by atoms with Gasteiger partial charge in [-0.3, -0.25) is 0 Å². The molecule has 0 aliphatic heterocycles. The van der Waals surface area contributed by atoms with E-state index < -0.39 is 6.36 Å². The molecule has 1 rings (SSSR count). The van der Waals surface area contributed by atoms with Crippen LogP contribution in [0.3, 0.4) is 0 Å². The van der Waals surface area contributed by atoms with Gasteiger partial charge in [-0.1, -0.05) is 6.92 Å². The summed E-state index contributed by atoms with van der Waals surface area (Å²) in [5.74, 6) is 0.0397. The van der Waals surface area contributed by atoms with Crippen molar-refractivity contribution in [3.05, 3.63) is 22.7 Å². The van der Waals surface area contributed by atoms with Gasteiger partial charge in [0, 0.05) is 19.3 Å². The van der Waals surface area contributed by atoms with Crippen LogP contribution in [0.25, 0.3) is 0 Å². The Labute approximate surface area is 118 Å². The molecule has 1 atom stereocenters. The van der Waals surface area contributed by atoms with E-state index in [2.05, 4.69) is 26.0 Å². The summed E-state index contributed by atoms with van der Waals surface area (Å²) in [7, 11) is 1.62. The Morgan fingerprint density at radius 2 is 2.05 bits per heavy atom. The second-order valence-electron chi connectivity index (χ2n) is 4.13. The molecular weight excluding hydrogens is 327 g/mol. The predicted octanol–water partition coefficient (Wildman–Crippen LogP) is 4.04. The Hall–Kier alpha value is -0.950. The number of alkyl halides is 3. The van der Waals surface area contributed by atoms with Gasteiger partial charge < -0.3 is 14.8 Å². The molecule has 7 heteroatoms. The fraction of sp³-hybridized carbons (Fsp3) is 0.500. The lowest BCUT2D eigenvalue weighted by Crippen LogP contribution is -2.18. The lowest BCUT2D eigenvalue weighted by Gasteiger charge is -2.14. The van der Waals surface area contributed by atoms with Gasteiger partial charge in [0.25, 0.3) is 0 Å². The standard InChI is InChI=1S/C12H15BrF3NO2/c1-8(7-18-2)6-17-9-3-4-11(10(13)5-9)19-12(14,15)16/h3-5,8,17H,6-7H2,1-2H3. The molecule has 0 bridgehead atoms. The van der Waals surface area contributed by atoms with Crippen LogP contribution in [0.1, 0.15) is 6.92 Å². The highest BCUT2D eigenvalue weighted by molar-refractivity contribution is 9.10. The first-order valence-electron chi connectivity index (χ1n) is 5.60. The molecule has 19 heavy (non-hydrogen) atoms. The molecule has 108 valence electrons. The summed E-state index contributed by atoms with van der Waals surface area (Å²) in [4.78, 5) is 0. The molecule has 0 aromatic heterocycles. The van der Waals surface area contributed by atoms with Crippen LogP contribution in [0.4, 0.5) is 18.9 Å². The van der Waals surface area contributed by atoms with E-state index in [4.69, 9.17) is 4.74 Å². The van der Waals surface area contributed by atoms with E-state index in [-0.39, 0.29) is 10.2 Å². The van der Waals surface area contributed by atoms with E-state index in [0.29, 0.717) is 24.8 Å². The summed E-state index contributed by atoms with van der Waals surface area (Å²) in [6.07, 6.45) is -4.69. The Morgan fingerprint density at radius 3 is 2.58 bits per heavy atom. The maximum Gasteiger partial charge on any atom is 0.573 e. The highest BCUT2D eigenvalue weighted by Gasteiger charge is 2.31. The molecule has 0 spiro atoms. The van der Waals surface area contributed by atoms with Gasteiger partial charge in [-0.15, -0.1) is 13.2 Å². The van der Waals surface area contributed by atoms with Crippen LogP contribution < -0.4 is 10.1 Å². The van der Waals surface area contributed by atoms with E-state index in [1.807, 2.05) is 6.92 Å². The number of ether oxygens (including phenoxy) is 2. The van der Waals surface area contributed by atoms with Gasteiger partial charge in [-0.2, -0.15) is 0 Å². The molecule has 0 amide bonds. The van der Waals surface area contributed by atoms with Crippen LogP contribution in [0.2, 0.25) is 0 Å². The highest BCUT2D eigenvalue weighted by Crippen LogP contribution is 2.32. The van der Waals surface area contributed by atoms with Crippen molar-refractivity contribution < 1.29 is 22.6 Å². The van der Waals surface area contributed by atoms with Crippen LogP contribution in [0, 0.1) is 5.92 Å². The third kappa shape index (κ3) is 6.15. The summed E-state index contributed by atoms with van der Waals surface area (Å²) < 4.78 is 45.4. The summed E-state index contributed by atoms with van der Waals surface area (Å²) in [6, 6.07) is 4.34. The molecule has 1 N–H and O–H groups in total. The second-order valence-corrected chi connectivity index (χ2v) is 4.99. The van der Waals surface area contributed by atoms with Gasteiger partial charge in [-0.05, 0) is 40.0 Å². The van der Waals surface area contributed by atoms with Crippen molar-refractivity contribution in [3.63, 3.8) is 0 Å². The fourth-order valence-electron chi connectivity index (χ4n) is 1.45. The lowest BCUT2D eigenvalue weighted by atomic mass is 10.2. The van der Waals surface area contributed by atoms with Crippen LogP contribution in [-0.4, -0.2) is 26.6 Å². The maximum absolute atomic E-state index is 12.1. The number of nitrogens with one attached hydrogen (secondary N) is 1. The van der Waals surface area contributed by atoms with Crippen molar-refractivity contribution in [3.8, 4) is 5.75 Å². The molecule has 0 aliphatic carbocycles. The average Bonchev–Trinajstić information content (AvgIpc) is 2.28. The fourth-order valence-corrected chi connectivity index (χ4v) is 1.91. The van der Waals surface area contributed by atoms with E-state index in [1.165, 1.54) is 12.1 Å². The zero-order valence-corrected chi connectivity index (χ0v) is 12.1. The van der Waals surface area contributed by atoms with Gasteiger partial charge in [-0.25, -0.2) is 0 Å². The zero-order chi connectivity index (χ0) is 14.5. The van der Waals surface area contributed by atoms with Crippen LogP contribution in [0.15, 0.2) is 22.7 Å². The highest BCUT2D eigenvalue weighted by atomic mass is 79.9. The Morgan fingerprint density at radius 1 is 1.37 bits per heavy atom. The first-order chi connectivity index (χ1) is 8.81. The van der Waals surface area contributed by atoms with Crippen molar-refractivity contribution in [1.29, 1.82) is 0 Å². The second kappa shape index (κ2) is 7.00. The molecule has 1 aromatic rings. The summed E-state index contributed by atoms with van der Waals surface area (Å²) in [5, 5.41) is 3.11. The molecule has 1 aromatic carbocycles. The van der Waals surface area contributed by atoms with Crippen molar-refractivity contribution in [1.82, 2.24) is 0 Å². The average molecular weight is 342 g/mol. The van der Waals surface area contributed by atoms with E-state index in [9.17, 15) is 13.2 Å². The monoisotopic (exact) mass is 341 g/mol. The van der Waals surface area contributed by atoms with Crippen molar-refractivity contribution in [2.45, 2.75) is 13.3 Å². The maximum atomic E-state index is 12.1. The van der Waals surface area contributed by atoms with Gasteiger partial charge >= 0.3 is 6.36 Å². The number of anilines is 1. The topological polar surface area (TPSA) is 30.5 Å². The van der Waals surface area contributed by atoms with Crippen LogP contribution >= 0.6 is 15.9 Å². The van der Waals surface area contributed by atoms with Gasteiger partial charge in [0.15, 0.2) is 0 Å². The van der Waals surface area contributed by atoms with Gasteiger partial charge in [0.05, 0.1) is 11.1 Å². The Bertz CT molecular complexity index is 412. The van der Waals surface area contributed by atoms with Crippen LogP contribution in [-0.2, 0) is 4.74 Å². The molecular formula is C12H15BrF3NO2. The SMILES string of the molecule is COCC(C)CNc1ccc(OC(F)(F)F)c(Br)c1. The molecule has 3 nitrogen and oxygen atoms in total. The Kier molecular flexibility index (Phi) is 5.93. The third-order valence-corrected chi connectivity index (χ3v) is 2.88. The number of hydrogen-bond donors (Lipinski definition) is 1. The molecule has 0 heterocycles. The Balaban J connectivity index is 2.61. The first-order valence-corrected chi connectivity index (χ1v) is 6.39. The smallest absolute Gasteiger partial charge is 0.405 e. The molecule has 0 saturated carbocycles. The number of methoxy groups -OCH3 is 1. The summed E-state index contributed by atoms with van der Waals surface area (Å²) in [5.41, 5.74) is 0.712. The molecule has 0 saturated heterocycles. The van der Waals surface area contributed by atoms with E-state index >= 15 is 0 Å². The number of halogens is 4. The number of hydrogen-bond acceptors (Lipinski definition) is 3. The van der Waals surface area contributed by atoms with E-state index in [1.54, 1.807) is 13.2 Å². The van der Waals surface area contributed by atoms with Crippen molar-refractivity contribution in [2.24, 2.45) is 5.92 Å². The molecule has 0 fully saturated rings. The number of benzene rings is 1. The quantitative estimate of drug-likeness (QED) is 0.846. The minimum atomic E-state index is -4.69. The minimum Gasteiger partial charge on any atom is -0.405 e. The summed E-state index contributed by atoms with van der Waals surface area (Å²) in [6.45, 7) is 3.29. The molecule has 1 unspecified atom stereocenters.